The molecule has 6 nitrogen and oxygen atoms in total. The highest BCUT2D eigenvalue weighted by Gasteiger charge is 2.11. The zero-order valence-electron chi connectivity index (χ0n) is 14.4. The summed E-state index contributed by atoms with van der Waals surface area (Å²) in [6.45, 7) is 4.65. The summed E-state index contributed by atoms with van der Waals surface area (Å²) in [7, 11) is -3.18. The van der Waals surface area contributed by atoms with E-state index in [1.54, 1.807) is 12.1 Å². The van der Waals surface area contributed by atoms with Gasteiger partial charge in [-0.05, 0) is 51.0 Å². The van der Waals surface area contributed by atoms with Crippen LogP contribution in [0.5, 0.6) is 5.75 Å². The first-order valence-corrected chi connectivity index (χ1v) is 9.45. The Morgan fingerprint density at radius 1 is 1.21 bits per heavy atom. The number of benzene rings is 1. The molecule has 0 unspecified atom stereocenters. The van der Waals surface area contributed by atoms with Gasteiger partial charge in [-0.1, -0.05) is 0 Å². The molecule has 0 saturated heterocycles. The lowest BCUT2D eigenvalue weighted by molar-refractivity contribution is -0.121. The molecule has 0 saturated carbocycles. The van der Waals surface area contributed by atoms with Gasteiger partial charge >= 0.3 is 0 Å². The topological polar surface area (TPSA) is 98.5 Å². The number of hydrogen-bond acceptors (Lipinski definition) is 5. The van der Waals surface area contributed by atoms with Gasteiger partial charge in [0.25, 0.3) is 0 Å². The summed E-state index contributed by atoms with van der Waals surface area (Å²) in [6.07, 6.45) is 3.07. The Kier molecular flexibility index (Phi) is 9.32. The van der Waals surface area contributed by atoms with Gasteiger partial charge < -0.3 is 15.8 Å². The molecule has 0 atom stereocenters. The third kappa shape index (κ3) is 9.75. The molecule has 0 aliphatic rings. The molecule has 3 N–H and O–H groups in total. The van der Waals surface area contributed by atoms with Gasteiger partial charge in [-0.3, -0.25) is 4.79 Å². The molecule has 138 valence electrons. The largest absolute Gasteiger partial charge is 0.494 e. The second-order valence-electron chi connectivity index (χ2n) is 6.31. The minimum absolute atomic E-state index is 0. The summed E-state index contributed by atoms with van der Waals surface area (Å²) < 4.78 is 28.2. The van der Waals surface area contributed by atoms with E-state index in [1.807, 2.05) is 13.8 Å². The fourth-order valence-corrected chi connectivity index (χ4v) is 2.41. The lowest BCUT2D eigenvalue weighted by Gasteiger charge is -2.18. The summed E-state index contributed by atoms with van der Waals surface area (Å²) in [5.41, 5.74) is 5.38. The molecule has 1 aromatic rings. The molecular formula is C16H27ClN2O4S. The number of carbonyl (C=O) groups excluding carboxylic acids is 1. The Hall–Kier alpha value is -1.31. The predicted molar refractivity (Wildman–Crippen MR) is 97.4 cm³/mol. The van der Waals surface area contributed by atoms with E-state index in [2.05, 4.69) is 5.32 Å². The van der Waals surface area contributed by atoms with Crippen molar-refractivity contribution < 1.29 is 17.9 Å². The van der Waals surface area contributed by atoms with Crippen molar-refractivity contribution in [1.82, 2.24) is 5.32 Å². The molecular weight excluding hydrogens is 352 g/mol. The number of unbranched alkanes of at least 4 members (excludes halogenated alkanes) is 1. The predicted octanol–water partition coefficient (Wildman–Crippen LogP) is 1.91. The van der Waals surface area contributed by atoms with Crippen LogP contribution in [0.2, 0.25) is 0 Å². The number of nitrogens with two attached hydrogens (primary N) is 1. The van der Waals surface area contributed by atoms with E-state index < -0.39 is 15.4 Å². The van der Waals surface area contributed by atoms with Crippen LogP contribution in [0.15, 0.2) is 29.2 Å². The van der Waals surface area contributed by atoms with Crippen LogP contribution in [0, 0.1) is 0 Å². The molecule has 0 radical (unpaired) electrons. The number of amides is 1. The van der Waals surface area contributed by atoms with Crippen molar-refractivity contribution in [2.45, 2.75) is 43.5 Å². The summed E-state index contributed by atoms with van der Waals surface area (Å²) in [5, 5.41) is 2.79. The van der Waals surface area contributed by atoms with Crippen molar-refractivity contribution in [3.63, 3.8) is 0 Å². The fraction of sp³-hybridized carbons (Fsp3) is 0.562. The van der Waals surface area contributed by atoms with Gasteiger partial charge in [-0.25, -0.2) is 8.42 Å². The van der Waals surface area contributed by atoms with Crippen molar-refractivity contribution in [2.24, 2.45) is 5.73 Å². The lowest BCUT2D eigenvalue weighted by atomic mass is 10.1. The smallest absolute Gasteiger partial charge is 0.220 e. The molecule has 1 amide bonds. The second kappa shape index (κ2) is 9.86. The van der Waals surface area contributed by atoms with Crippen LogP contribution >= 0.6 is 12.4 Å². The van der Waals surface area contributed by atoms with Crippen LogP contribution < -0.4 is 15.8 Å². The molecule has 1 aromatic carbocycles. The third-order valence-corrected chi connectivity index (χ3v) is 4.19. The zero-order valence-corrected chi connectivity index (χ0v) is 16.0. The van der Waals surface area contributed by atoms with Gasteiger partial charge in [-0.2, -0.15) is 0 Å². The zero-order chi connectivity index (χ0) is 17.5. The SMILES string of the molecule is CC(C)(N)CNC(=O)CCCCOc1ccc(S(C)(=O)=O)cc1.Cl. The summed E-state index contributed by atoms with van der Waals surface area (Å²) in [4.78, 5) is 11.9. The number of rotatable bonds is 9. The lowest BCUT2D eigenvalue weighted by Crippen LogP contribution is -2.45. The van der Waals surface area contributed by atoms with E-state index in [1.165, 1.54) is 18.4 Å². The molecule has 0 spiro atoms. The van der Waals surface area contributed by atoms with Gasteiger partial charge in [0.2, 0.25) is 5.91 Å². The van der Waals surface area contributed by atoms with Crippen molar-refractivity contribution in [2.75, 3.05) is 19.4 Å². The van der Waals surface area contributed by atoms with E-state index >= 15 is 0 Å². The highest BCUT2D eigenvalue weighted by Crippen LogP contribution is 2.16. The Balaban J connectivity index is 0.00000529. The van der Waals surface area contributed by atoms with Crippen molar-refractivity contribution in [3.8, 4) is 5.75 Å². The van der Waals surface area contributed by atoms with Crippen LogP contribution in [0.3, 0.4) is 0 Å². The molecule has 1 rings (SSSR count). The molecule has 24 heavy (non-hydrogen) atoms. The highest BCUT2D eigenvalue weighted by atomic mass is 35.5. The minimum Gasteiger partial charge on any atom is -0.494 e. The van der Waals surface area contributed by atoms with Crippen LogP contribution in [0.4, 0.5) is 0 Å². The molecule has 8 heteroatoms. The average Bonchev–Trinajstić information content (AvgIpc) is 2.43. The number of sulfone groups is 1. The van der Waals surface area contributed by atoms with E-state index in [9.17, 15) is 13.2 Å². The maximum atomic E-state index is 11.6. The average molecular weight is 379 g/mol. The van der Waals surface area contributed by atoms with E-state index in [0.29, 0.717) is 25.3 Å². The second-order valence-corrected chi connectivity index (χ2v) is 8.33. The minimum atomic E-state index is -3.18. The third-order valence-electron chi connectivity index (χ3n) is 3.06. The molecule has 0 aromatic heterocycles. The van der Waals surface area contributed by atoms with Gasteiger partial charge in [0, 0.05) is 24.8 Å². The molecule has 0 bridgehead atoms. The van der Waals surface area contributed by atoms with E-state index in [0.717, 1.165) is 12.8 Å². The van der Waals surface area contributed by atoms with Crippen molar-refractivity contribution in [3.05, 3.63) is 24.3 Å². The quantitative estimate of drug-likeness (QED) is 0.639. The van der Waals surface area contributed by atoms with E-state index in [4.69, 9.17) is 10.5 Å². The van der Waals surface area contributed by atoms with Crippen LogP contribution in [-0.4, -0.2) is 39.3 Å². The molecule has 0 aliphatic heterocycles. The Labute approximate surface area is 150 Å². The number of ether oxygens (including phenoxy) is 1. The molecule has 0 aliphatic carbocycles. The number of hydrogen-bond donors (Lipinski definition) is 2. The fourth-order valence-electron chi connectivity index (χ4n) is 1.78. The van der Waals surface area contributed by atoms with Crippen LogP contribution in [-0.2, 0) is 14.6 Å². The monoisotopic (exact) mass is 378 g/mol. The normalized spacial score (nSPS) is 11.5. The summed E-state index contributed by atoms with van der Waals surface area (Å²) in [5.74, 6) is 0.604. The van der Waals surface area contributed by atoms with Crippen LogP contribution in [0.1, 0.15) is 33.1 Å². The first-order valence-electron chi connectivity index (χ1n) is 7.56. The number of halogens is 1. The highest BCUT2D eigenvalue weighted by molar-refractivity contribution is 7.90. The van der Waals surface area contributed by atoms with Gasteiger partial charge in [0.05, 0.1) is 11.5 Å². The first kappa shape index (κ1) is 22.7. The summed E-state index contributed by atoms with van der Waals surface area (Å²) in [6, 6.07) is 6.30. The van der Waals surface area contributed by atoms with Crippen molar-refractivity contribution in [1.29, 1.82) is 0 Å². The number of carbonyl (C=O) groups is 1. The summed E-state index contributed by atoms with van der Waals surface area (Å²) >= 11 is 0. The van der Waals surface area contributed by atoms with E-state index in [-0.39, 0.29) is 23.2 Å². The van der Waals surface area contributed by atoms with Crippen LogP contribution in [0.25, 0.3) is 0 Å². The maximum Gasteiger partial charge on any atom is 0.220 e. The standard InChI is InChI=1S/C16H26N2O4S.ClH/c1-16(2,17)12-18-15(19)6-4-5-11-22-13-7-9-14(10-8-13)23(3,20)21;/h7-10H,4-6,11-12,17H2,1-3H3,(H,18,19);1H. The molecule has 0 fully saturated rings. The Morgan fingerprint density at radius 2 is 1.79 bits per heavy atom. The van der Waals surface area contributed by atoms with Gasteiger partial charge in [0.1, 0.15) is 5.75 Å². The maximum absolute atomic E-state index is 11.6. The number of nitrogens with one attached hydrogen (secondary N) is 1. The first-order chi connectivity index (χ1) is 10.6. The molecule has 0 heterocycles. The Morgan fingerprint density at radius 3 is 2.29 bits per heavy atom. The van der Waals surface area contributed by atoms with Crippen molar-refractivity contribution >= 4 is 28.2 Å². The van der Waals surface area contributed by atoms with Gasteiger partial charge in [-0.15, -0.1) is 12.4 Å². The van der Waals surface area contributed by atoms with Gasteiger partial charge in [0.15, 0.2) is 9.84 Å². The Bertz CT molecular complexity index is 610.